The molecule has 0 amide bonds. The van der Waals surface area contributed by atoms with Gasteiger partial charge in [0.05, 0.1) is 10.7 Å². The van der Waals surface area contributed by atoms with Crippen LogP contribution in [0.3, 0.4) is 0 Å². The molecule has 0 saturated carbocycles. The molecule has 1 aromatic carbocycles. The lowest BCUT2D eigenvalue weighted by atomic mass is 10.1. The summed E-state index contributed by atoms with van der Waals surface area (Å²) in [5, 5.41) is 4.27. The number of nitrogens with one attached hydrogen (secondary N) is 1. The number of fused-ring (bicyclic) bond motifs is 1. The predicted octanol–water partition coefficient (Wildman–Crippen LogP) is 3.30. The summed E-state index contributed by atoms with van der Waals surface area (Å²) in [6, 6.07) is 4.37. The van der Waals surface area contributed by atoms with E-state index in [1.165, 1.54) is 36.2 Å². The third-order valence-corrected chi connectivity index (χ3v) is 3.88. The first-order valence-corrected chi connectivity index (χ1v) is 6.53. The van der Waals surface area contributed by atoms with Gasteiger partial charge in [-0.15, -0.1) is 0 Å². The molecular formula is C13H17ClN2. The Hall–Kier alpha value is -0.890. The van der Waals surface area contributed by atoms with E-state index < -0.39 is 0 Å². The Morgan fingerprint density at radius 2 is 1.94 bits per heavy atom. The highest BCUT2D eigenvalue weighted by Gasteiger charge is 2.18. The van der Waals surface area contributed by atoms with Gasteiger partial charge in [0.15, 0.2) is 0 Å². The lowest BCUT2D eigenvalue weighted by molar-refractivity contribution is 0.578. The van der Waals surface area contributed by atoms with Crippen LogP contribution in [0.5, 0.6) is 0 Å². The molecule has 2 heterocycles. The number of hydrogen-bond donors (Lipinski definition) is 1. The van der Waals surface area contributed by atoms with Crippen LogP contribution in [-0.4, -0.2) is 19.6 Å². The van der Waals surface area contributed by atoms with Gasteiger partial charge in [-0.25, -0.2) is 0 Å². The van der Waals surface area contributed by atoms with Crippen molar-refractivity contribution < 1.29 is 0 Å². The second-order valence-electron chi connectivity index (χ2n) is 4.69. The highest BCUT2D eigenvalue weighted by atomic mass is 35.5. The zero-order valence-corrected chi connectivity index (χ0v) is 10.2. The third-order valence-electron chi connectivity index (χ3n) is 3.58. The van der Waals surface area contributed by atoms with E-state index in [1.807, 2.05) is 0 Å². The Morgan fingerprint density at radius 3 is 2.75 bits per heavy atom. The summed E-state index contributed by atoms with van der Waals surface area (Å²) < 4.78 is 0. The summed E-state index contributed by atoms with van der Waals surface area (Å²) in [6.45, 7) is 3.37. The topological polar surface area (TPSA) is 15.3 Å². The molecular weight excluding hydrogens is 220 g/mol. The van der Waals surface area contributed by atoms with Gasteiger partial charge < -0.3 is 10.2 Å². The molecule has 86 valence electrons. The molecule has 2 aliphatic rings. The number of hydrogen-bond acceptors (Lipinski definition) is 2. The Morgan fingerprint density at radius 1 is 1.12 bits per heavy atom. The van der Waals surface area contributed by atoms with Gasteiger partial charge in [-0.3, -0.25) is 0 Å². The maximum Gasteiger partial charge on any atom is 0.0660 e. The molecule has 0 unspecified atom stereocenters. The SMILES string of the molecule is Clc1cc2c(cc1N1CCCCC1)CCN2. The van der Waals surface area contributed by atoms with Gasteiger partial charge >= 0.3 is 0 Å². The first-order chi connectivity index (χ1) is 7.84. The molecule has 1 N–H and O–H groups in total. The monoisotopic (exact) mass is 236 g/mol. The fourth-order valence-electron chi connectivity index (χ4n) is 2.69. The van der Waals surface area contributed by atoms with E-state index in [0.29, 0.717) is 0 Å². The first-order valence-electron chi connectivity index (χ1n) is 6.16. The largest absolute Gasteiger partial charge is 0.384 e. The van der Waals surface area contributed by atoms with Crippen molar-refractivity contribution in [3.63, 3.8) is 0 Å². The van der Waals surface area contributed by atoms with Gasteiger partial charge in [0.25, 0.3) is 0 Å². The van der Waals surface area contributed by atoms with Crippen molar-refractivity contribution in [3.8, 4) is 0 Å². The number of nitrogens with zero attached hydrogens (tertiary/aromatic N) is 1. The Labute approximate surface area is 102 Å². The molecule has 2 aliphatic heterocycles. The Balaban J connectivity index is 1.94. The van der Waals surface area contributed by atoms with Gasteiger partial charge in [0.1, 0.15) is 0 Å². The molecule has 1 saturated heterocycles. The van der Waals surface area contributed by atoms with Gasteiger partial charge in [-0.2, -0.15) is 0 Å². The Kier molecular flexibility index (Phi) is 2.68. The van der Waals surface area contributed by atoms with E-state index in [9.17, 15) is 0 Å². The van der Waals surface area contributed by atoms with Gasteiger partial charge in [-0.05, 0) is 43.4 Å². The van der Waals surface area contributed by atoms with Crippen LogP contribution >= 0.6 is 11.6 Å². The summed E-state index contributed by atoms with van der Waals surface area (Å²) in [5.41, 5.74) is 3.89. The highest BCUT2D eigenvalue weighted by Crippen LogP contribution is 2.35. The van der Waals surface area contributed by atoms with Crippen LogP contribution in [0, 0.1) is 0 Å². The molecule has 1 fully saturated rings. The first kappa shape index (κ1) is 10.3. The fourth-order valence-corrected chi connectivity index (χ4v) is 2.97. The lowest BCUT2D eigenvalue weighted by Gasteiger charge is -2.30. The van der Waals surface area contributed by atoms with Crippen molar-refractivity contribution in [1.82, 2.24) is 0 Å². The molecule has 2 nitrogen and oxygen atoms in total. The van der Waals surface area contributed by atoms with E-state index in [1.54, 1.807) is 0 Å². The number of halogens is 1. The zero-order chi connectivity index (χ0) is 11.0. The van der Waals surface area contributed by atoms with E-state index in [2.05, 4.69) is 22.3 Å². The molecule has 0 atom stereocenters. The maximum atomic E-state index is 6.36. The van der Waals surface area contributed by atoms with E-state index in [0.717, 1.165) is 31.1 Å². The van der Waals surface area contributed by atoms with Crippen molar-refractivity contribution >= 4 is 23.0 Å². The van der Waals surface area contributed by atoms with Gasteiger partial charge in [-0.1, -0.05) is 11.6 Å². The van der Waals surface area contributed by atoms with Crippen molar-refractivity contribution in [3.05, 3.63) is 22.7 Å². The van der Waals surface area contributed by atoms with Crippen molar-refractivity contribution in [2.75, 3.05) is 29.9 Å². The number of benzene rings is 1. The van der Waals surface area contributed by atoms with Crippen LogP contribution in [0.4, 0.5) is 11.4 Å². The summed E-state index contributed by atoms with van der Waals surface area (Å²) in [6.07, 6.45) is 5.09. The normalized spacial score (nSPS) is 19.4. The maximum absolute atomic E-state index is 6.36. The Bertz CT molecular complexity index is 397. The molecule has 1 aromatic rings. The smallest absolute Gasteiger partial charge is 0.0660 e. The summed E-state index contributed by atoms with van der Waals surface area (Å²) in [4.78, 5) is 2.43. The van der Waals surface area contributed by atoms with Crippen LogP contribution in [-0.2, 0) is 6.42 Å². The second kappa shape index (κ2) is 4.17. The molecule has 0 spiro atoms. The van der Waals surface area contributed by atoms with E-state index >= 15 is 0 Å². The highest BCUT2D eigenvalue weighted by molar-refractivity contribution is 6.33. The minimum Gasteiger partial charge on any atom is -0.384 e. The summed E-state index contributed by atoms with van der Waals surface area (Å²) >= 11 is 6.36. The quantitative estimate of drug-likeness (QED) is 0.805. The minimum atomic E-state index is 0.898. The summed E-state index contributed by atoms with van der Waals surface area (Å²) in [5.74, 6) is 0. The molecule has 0 aliphatic carbocycles. The molecule has 0 radical (unpaired) electrons. The van der Waals surface area contributed by atoms with Crippen LogP contribution < -0.4 is 10.2 Å². The lowest BCUT2D eigenvalue weighted by Crippen LogP contribution is -2.29. The summed E-state index contributed by atoms with van der Waals surface area (Å²) in [7, 11) is 0. The van der Waals surface area contributed by atoms with Crippen LogP contribution in [0.2, 0.25) is 5.02 Å². The number of piperidine rings is 1. The van der Waals surface area contributed by atoms with Crippen molar-refractivity contribution in [2.45, 2.75) is 25.7 Å². The molecule has 0 aromatic heterocycles. The van der Waals surface area contributed by atoms with Crippen LogP contribution in [0.25, 0.3) is 0 Å². The average molecular weight is 237 g/mol. The number of rotatable bonds is 1. The van der Waals surface area contributed by atoms with Gasteiger partial charge in [0.2, 0.25) is 0 Å². The van der Waals surface area contributed by atoms with E-state index in [4.69, 9.17) is 11.6 Å². The van der Waals surface area contributed by atoms with Crippen LogP contribution in [0.1, 0.15) is 24.8 Å². The minimum absolute atomic E-state index is 0.898. The average Bonchev–Trinajstić information content (AvgIpc) is 2.76. The fraction of sp³-hybridized carbons (Fsp3) is 0.538. The van der Waals surface area contributed by atoms with Gasteiger partial charge in [0, 0.05) is 25.3 Å². The van der Waals surface area contributed by atoms with Crippen molar-refractivity contribution in [1.29, 1.82) is 0 Å². The molecule has 0 bridgehead atoms. The zero-order valence-electron chi connectivity index (χ0n) is 9.43. The van der Waals surface area contributed by atoms with Crippen molar-refractivity contribution in [2.24, 2.45) is 0 Å². The van der Waals surface area contributed by atoms with Crippen LogP contribution in [0.15, 0.2) is 12.1 Å². The second-order valence-corrected chi connectivity index (χ2v) is 5.09. The molecule has 16 heavy (non-hydrogen) atoms. The third kappa shape index (κ3) is 1.75. The van der Waals surface area contributed by atoms with E-state index in [-0.39, 0.29) is 0 Å². The molecule has 3 rings (SSSR count). The number of anilines is 2. The predicted molar refractivity (Wildman–Crippen MR) is 69.7 cm³/mol. The molecule has 3 heteroatoms. The standard InChI is InChI=1S/C13H17ClN2/c14-11-9-12-10(4-5-15-12)8-13(11)16-6-2-1-3-7-16/h8-9,15H,1-7H2.